The first-order valence-electron chi connectivity index (χ1n) is 6.55. The first kappa shape index (κ1) is 11.4. The maximum absolute atomic E-state index is 10.9. The van der Waals surface area contributed by atoms with Gasteiger partial charge in [0.1, 0.15) is 0 Å². The fourth-order valence-electron chi connectivity index (χ4n) is 3.15. The minimum absolute atomic E-state index is 0.0837. The van der Waals surface area contributed by atoms with Gasteiger partial charge in [0.2, 0.25) is 0 Å². The van der Waals surface area contributed by atoms with Crippen LogP contribution in [0.25, 0.3) is 0 Å². The molecule has 96 valence electrons. The molecule has 2 atom stereocenters. The Bertz CT molecular complexity index is 499. The second-order valence-corrected chi connectivity index (χ2v) is 5.34. The van der Waals surface area contributed by atoms with Crippen LogP contribution in [0.4, 0.5) is 10.5 Å². The van der Waals surface area contributed by atoms with Gasteiger partial charge in [-0.25, -0.2) is 4.79 Å². The van der Waals surface area contributed by atoms with Crippen molar-refractivity contribution >= 4 is 11.8 Å². The molecule has 3 N–H and O–H groups in total. The van der Waals surface area contributed by atoms with Gasteiger partial charge >= 0.3 is 6.09 Å². The van der Waals surface area contributed by atoms with Gasteiger partial charge in [-0.05, 0) is 55.4 Å². The molecular formula is C14H18N2O2. The van der Waals surface area contributed by atoms with Gasteiger partial charge in [0.25, 0.3) is 0 Å². The maximum atomic E-state index is 10.9. The van der Waals surface area contributed by atoms with Crippen molar-refractivity contribution in [1.82, 2.24) is 5.32 Å². The van der Waals surface area contributed by atoms with Gasteiger partial charge in [-0.15, -0.1) is 0 Å². The SMILES string of the molecule is CC1CC(NC(=O)O)c2cc3c(cc2N1)CCC3. The van der Waals surface area contributed by atoms with Gasteiger partial charge in [-0.1, -0.05) is 6.07 Å². The molecule has 0 radical (unpaired) electrons. The van der Waals surface area contributed by atoms with Gasteiger partial charge in [0.05, 0.1) is 6.04 Å². The number of hydrogen-bond donors (Lipinski definition) is 3. The molecule has 0 aromatic heterocycles. The summed E-state index contributed by atoms with van der Waals surface area (Å²) >= 11 is 0. The summed E-state index contributed by atoms with van der Waals surface area (Å²) in [5.41, 5.74) is 5.02. The van der Waals surface area contributed by atoms with Gasteiger partial charge in [0, 0.05) is 11.7 Å². The third-order valence-corrected chi connectivity index (χ3v) is 3.93. The van der Waals surface area contributed by atoms with Crippen LogP contribution in [0.3, 0.4) is 0 Å². The normalized spacial score (nSPS) is 24.9. The van der Waals surface area contributed by atoms with Crippen LogP contribution in [0, 0.1) is 0 Å². The number of aryl methyl sites for hydroxylation is 2. The van der Waals surface area contributed by atoms with E-state index in [9.17, 15) is 4.79 Å². The Kier molecular flexibility index (Phi) is 2.65. The summed E-state index contributed by atoms with van der Waals surface area (Å²) < 4.78 is 0. The van der Waals surface area contributed by atoms with Gasteiger partial charge in [-0.3, -0.25) is 0 Å². The highest BCUT2D eigenvalue weighted by atomic mass is 16.4. The molecule has 1 aliphatic carbocycles. The molecule has 0 saturated heterocycles. The Hall–Kier alpha value is -1.71. The lowest BCUT2D eigenvalue weighted by Crippen LogP contribution is -2.35. The zero-order valence-corrected chi connectivity index (χ0v) is 10.5. The van der Waals surface area contributed by atoms with Gasteiger partial charge < -0.3 is 15.7 Å². The highest BCUT2D eigenvalue weighted by molar-refractivity contribution is 5.68. The predicted molar refractivity (Wildman–Crippen MR) is 70.1 cm³/mol. The number of hydrogen-bond acceptors (Lipinski definition) is 2. The summed E-state index contributed by atoms with van der Waals surface area (Å²) in [6, 6.07) is 4.62. The van der Waals surface area contributed by atoms with Crippen LogP contribution < -0.4 is 10.6 Å². The van der Waals surface area contributed by atoms with E-state index in [2.05, 4.69) is 29.7 Å². The first-order chi connectivity index (χ1) is 8.63. The fourth-order valence-corrected chi connectivity index (χ4v) is 3.15. The van der Waals surface area contributed by atoms with E-state index in [1.165, 1.54) is 17.5 Å². The van der Waals surface area contributed by atoms with Gasteiger partial charge in [0.15, 0.2) is 0 Å². The second kappa shape index (κ2) is 4.19. The van der Waals surface area contributed by atoms with E-state index in [1.807, 2.05) is 0 Å². The molecule has 2 unspecified atom stereocenters. The summed E-state index contributed by atoms with van der Waals surface area (Å²) in [7, 11) is 0. The van der Waals surface area contributed by atoms with Crippen molar-refractivity contribution in [1.29, 1.82) is 0 Å². The number of fused-ring (bicyclic) bond motifs is 2. The Labute approximate surface area is 106 Å². The van der Waals surface area contributed by atoms with Gasteiger partial charge in [-0.2, -0.15) is 0 Å². The van der Waals surface area contributed by atoms with E-state index >= 15 is 0 Å². The number of amides is 1. The lowest BCUT2D eigenvalue weighted by molar-refractivity contribution is 0.188. The molecule has 18 heavy (non-hydrogen) atoms. The van der Waals surface area contributed by atoms with E-state index in [0.29, 0.717) is 6.04 Å². The zero-order chi connectivity index (χ0) is 12.7. The second-order valence-electron chi connectivity index (χ2n) is 5.34. The summed E-state index contributed by atoms with van der Waals surface area (Å²) in [4.78, 5) is 10.9. The van der Waals surface area contributed by atoms with Crippen LogP contribution >= 0.6 is 0 Å². The monoisotopic (exact) mass is 246 g/mol. The molecule has 3 rings (SSSR count). The van der Waals surface area contributed by atoms with Crippen molar-refractivity contribution in [2.24, 2.45) is 0 Å². The molecule has 0 spiro atoms. The summed E-state index contributed by atoms with van der Waals surface area (Å²) in [6.07, 6.45) is 3.34. The number of anilines is 1. The molecule has 1 amide bonds. The van der Waals surface area contributed by atoms with Crippen LogP contribution in [-0.4, -0.2) is 17.2 Å². The molecule has 0 fully saturated rings. The lowest BCUT2D eigenvalue weighted by Gasteiger charge is -2.32. The number of benzene rings is 1. The molecule has 4 heteroatoms. The Morgan fingerprint density at radius 2 is 2.11 bits per heavy atom. The van der Waals surface area contributed by atoms with Crippen LogP contribution in [0.2, 0.25) is 0 Å². The zero-order valence-electron chi connectivity index (χ0n) is 10.5. The molecule has 0 saturated carbocycles. The average Bonchev–Trinajstić information content (AvgIpc) is 2.72. The van der Waals surface area contributed by atoms with Crippen molar-refractivity contribution < 1.29 is 9.90 Å². The highest BCUT2D eigenvalue weighted by Crippen LogP contribution is 2.37. The average molecular weight is 246 g/mol. The smallest absolute Gasteiger partial charge is 0.405 e. The van der Waals surface area contributed by atoms with Crippen molar-refractivity contribution in [3.8, 4) is 0 Å². The van der Waals surface area contributed by atoms with E-state index in [-0.39, 0.29) is 6.04 Å². The predicted octanol–water partition coefficient (Wildman–Crippen LogP) is 2.69. The Balaban J connectivity index is 2.00. The molecule has 1 aromatic carbocycles. The standard InChI is InChI=1S/C14H18N2O2/c1-8-5-12(16-14(17)18)11-6-9-3-2-4-10(9)7-13(11)15-8/h6-8,12,15-16H,2-5H2,1H3,(H,17,18). The summed E-state index contributed by atoms with van der Waals surface area (Å²) in [5.74, 6) is 0. The van der Waals surface area contributed by atoms with Crippen LogP contribution in [0.15, 0.2) is 12.1 Å². The minimum Gasteiger partial charge on any atom is -0.465 e. The minimum atomic E-state index is -0.944. The molecular weight excluding hydrogens is 228 g/mol. The maximum Gasteiger partial charge on any atom is 0.405 e. The number of nitrogens with one attached hydrogen (secondary N) is 2. The molecule has 1 heterocycles. The Morgan fingerprint density at radius 3 is 2.83 bits per heavy atom. The van der Waals surface area contributed by atoms with Crippen molar-refractivity contribution in [2.75, 3.05) is 5.32 Å². The fraction of sp³-hybridized carbons (Fsp3) is 0.500. The molecule has 1 aromatic rings. The third-order valence-electron chi connectivity index (χ3n) is 3.93. The topological polar surface area (TPSA) is 61.4 Å². The number of carbonyl (C=O) groups is 1. The Morgan fingerprint density at radius 1 is 1.39 bits per heavy atom. The summed E-state index contributed by atoms with van der Waals surface area (Å²) in [6.45, 7) is 2.09. The van der Waals surface area contributed by atoms with Crippen molar-refractivity contribution in [2.45, 2.75) is 44.7 Å². The van der Waals surface area contributed by atoms with Crippen LogP contribution in [0.1, 0.15) is 42.5 Å². The van der Waals surface area contributed by atoms with E-state index in [1.54, 1.807) is 0 Å². The highest BCUT2D eigenvalue weighted by Gasteiger charge is 2.27. The largest absolute Gasteiger partial charge is 0.465 e. The van der Waals surface area contributed by atoms with E-state index < -0.39 is 6.09 Å². The van der Waals surface area contributed by atoms with Crippen LogP contribution in [0.5, 0.6) is 0 Å². The molecule has 2 aliphatic rings. The molecule has 0 bridgehead atoms. The van der Waals surface area contributed by atoms with E-state index in [4.69, 9.17) is 5.11 Å². The molecule has 1 aliphatic heterocycles. The lowest BCUT2D eigenvalue weighted by atomic mass is 9.91. The van der Waals surface area contributed by atoms with E-state index in [0.717, 1.165) is 30.5 Å². The summed E-state index contributed by atoms with van der Waals surface area (Å²) in [5, 5.41) is 15.0. The van der Waals surface area contributed by atoms with Crippen LogP contribution in [-0.2, 0) is 12.8 Å². The third kappa shape index (κ3) is 1.92. The quantitative estimate of drug-likeness (QED) is 0.714. The van der Waals surface area contributed by atoms with Crippen molar-refractivity contribution in [3.05, 3.63) is 28.8 Å². The molecule has 4 nitrogen and oxygen atoms in total. The number of rotatable bonds is 1. The number of carboxylic acid groups (broad SMARTS) is 1. The van der Waals surface area contributed by atoms with Crippen molar-refractivity contribution in [3.63, 3.8) is 0 Å². The first-order valence-corrected chi connectivity index (χ1v) is 6.55.